The number of anilines is 2. The molecule has 0 aliphatic heterocycles. The number of hydrogen-bond acceptors (Lipinski definition) is 3. The van der Waals surface area contributed by atoms with Crippen molar-refractivity contribution < 1.29 is 9.90 Å². The van der Waals surface area contributed by atoms with E-state index < -0.39 is 0 Å². The first-order chi connectivity index (χ1) is 9.75. The quantitative estimate of drug-likeness (QED) is 0.755. The van der Waals surface area contributed by atoms with Crippen molar-refractivity contribution in [1.29, 1.82) is 0 Å². The van der Waals surface area contributed by atoms with Crippen molar-refractivity contribution in [3.63, 3.8) is 0 Å². The number of benzene rings is 1. The Labute approximate surface area is 127 Å². The molecule has 0 atom stereocenters. The lowest BCUT2D eigenvalue weighted by molar-refractivity contribution is 0.204. The number of carbonyl (C=O) groups excluding carboxylic acids is 1. The van der Waals surface area contributed by atoms with E-state index in [1.807, 2.05) is 58.0 Å². The molecule has 5 nitrogen and oxygen atoms in total. The molecule has 118 valence electrons. The van der Waals surface area contributed by atoms with Crippen molar-refractivity contribution in [2.75, 3.05) is 37.5 Å². The van der Waals surface area contributed by atoms with Crippen molar-refractivity contribution in [3.05, 3.63) is 23.8 Å². The first-order valence-electron chi connectivity index (χ1n) is 7.19. The molecule has 0 aliphatic rings. The van der Waals surface area contributed by atoms with Crippen LogP contribution in [0.1, 0.15) is 25.8 Å². The Balaban J connectivity index is 2.59. The van der Waals surface area contributed by atoms with Gasteiger partial charge in [0.2, 0.25) is 0 Å². The summed E-state index contributed by atoms with van der Waals surface area (Å²) in [5, 5.41) is 14.7. The van der Waals surface area contributed by atoms with Crippen molar-refractivity contribution in [2.45, 2.75) is 27.2 Å². The van der Waals surface area contributed by atoms with Crippen LogP contribution in [0.3, 0.4) is 0 Å². The van der Waals surface area contributed by atoms with Gasteiger partial charge in [-0.25, -0.2) is 4.79 Å². The minimum atomic E-state index is -0.221. The maximum absolute atomic E-state index is 11.9. The summed E-state index contributed by atoms with van der Waals surface area (Å²) in [6.45, 7) is 6.65. The Morgan fingerprint density at radius 1 is 1.33 bits per heavy atom. The van der Waals surface area contributed by atoms with Gasteiger partial charge < -0.3 is 20.6 Å². The highest BCUT2D eigenvalue weighted by molar-refractivity contribution is 5.90. The van der Waals surface area contributed by atoms with Crippen molar-refractivity contribution in [3.8, 4) is 0 Å². The number of aryl methyl sites for hydroxylation is 1. The molecule has 1 aromatic carbocycles. The van der Waals surface area contributed by atoms with Crippen LogP contribution in [0.25, 0.3) is 0 Å². The molecule has 21 heavy (non-hydrogen) atoms. The fourth-order valence-corrected chi connectivity index (χ4v) is 1.94. The van der Waals surface area contributed by atoms with E-state index in [1.54, 1.807) is 0 Å². The van der Waals surface area contributed by atoms with Crippen LogP contribution in [0, 0.1) is 12.3 Å². The fraction of sp³-hybridized carbons (Fsp3) is 0.562. The maximum atomic E-state index is 11.9. The summed E-state index contributed by atoms with van der Waals surface area (Å²) in [5.41, 5.74) is 2.81. The fourth-order valence-electron chi connectivity index (χ4n) is 1.94. The van der Waals surface area contributed by atoms with E-state index >= 15 is 0 Å². The molecule has 3 N–H and O–H groups in total. The van der Waals surface area contributed by atoms with Gasteiger partial charge in [-0.15, -0.1) is 0 Å². The molecule has 0 unspecified atom stereocenters. The van der Waals surface area contributed by atoms with Gasteiger partial charge in [0.15, 0.2) is 0 Å². The zero-order chi connectivity index (χ0) is 16.0. The molecule has 0 heterocycles. The van der Waals surface area contributed by atoms with Crippen LogP contribution < -0.4 is 15.5 Å². The highest BCUT2D eigenvalue weighted by Gasteiger charge is 2.18. The summed E-state index contributed by atoms with van der Waals surface area (Å²) in [4.78, 5) is 14.0. The van der Waals surface area contributed by atoms with E-state index in [9.17, 15) is 4.79 Å². The summed E-state index contributed by atoms with van der Waals surface area (Å²) in [5.74, 6) is 0. The second kappa shape index (κ2) is 7.31. The highest BCUT2D eigenvalue weighted by Crippen LogP contribution is 2.21. The van der Waals surface area contributed by atoms with Crippen LogP contribution in [0.15, 0.2) is 18.2 Å². The first-order valence-corrected chi connectivity index (χ1v) is 7.19. The SMILES string of the molecule is Cc1cc(N(C)C)ccc1NC(=O)NCC(C)(C)CCO. The third-order valence-corrected chi connectivity index (χ3v) is 3.49. The van der Waals surface area contributed by atoms with Gasteiger partial charge in [0.05, 0.1) is 0 Å². The lowest BCUT2D eigenvalue weighted by Crippen LogP contribution is -2.37. The van der Waals surface area contributed by atoms with Gasteiger partial charge in [-0.3, -0.25) is 0 Å². The summed E-state index contributed by atoms with van der Waals surface area (Å²) in [6, 6.07) is 5.69. The van der Waals surface area contributed by atoms with Gasteiger partial charge in [-0.2, -0.15) is 0 Å². The number of urea groups is 1. The molecular formula is C16H27N3O2. The average molecular weight is 293 g/mol. The normalized spacial score (nSPS) is 11.1. The Bertz CT molecular complexity index is 484. The maximum Gasteiger partial charge on any atom is 0.319 e. The molecule has 0 radical (unpaired) electrons. The van der Waals surface area contributed by atoms with Crippen LogP contribution in [0.2, 0.25) is 0 Å². The minimum absolute atomic E-state index is 0.115. The van der Waals surface area contributed by atoms with Crippen molar-refractivity contribution in [2.24, 2.45) is 5.41 Å². The van der Waals surface area contributed by atoms with Gasteiger partial charge in [-0.05, 0) is 42.5 Å². The van der Waals surface area contributed by atoms with E-state index in [0.717, 1.165) is 16.9 Å². The van der Waals surface area contributed by atoms with Gasteiger partial charge in [0.1, 0.15) is 0 Å². The topological polar surface area (TPSA) is 64.6 Å². The predicted octanol–water partition coefficient (Wildman–Crippen LogP) is 2.59. The third-order valence-electron chi connectivity index (χ3n) is 3.49. The van der Waals surface area contributed by atoms with E-state index in [1.165, 1.54) is 0 Å². The van der Waals surface area contributed by atoms with E-state index in [2.05, 4.69) is 10.6 Å². The molecule has 5 heteroatoms. The molecule has 2 amide bonds. The van der Waals surface area contributed by atoms with Crippen LogP contribution in [0.5, 0.6) is 0 Å². The zero-order valence-electron chi connectivity index (χ0n) is 13.7. The number of hydrogen-bond donors (Lipinski definition) is 3. The Morgan fingerprint density at radius 3 is 2.52 bits per heavy atom. The zero-order valence-corrected chi connectivity index (χ0v) is 13.7. The standard InChI is InChI=1S/C16H27N3O2/c1-12-10-13(19(4)5)6-7-14(12)18-15(21)17-11-16(2,3)8-9-20/h6-7,10,20H,8-9,11H2,1-5H3,(H2,17,18,21). The first kappa shape index (κ1) is 17.3. The van der Waals surface area contributed by atoms with Crippen molar-refractivity contribution >= 4 is 17.4 Å². The second-order valence-corrected chi connectivity index (χ2v) is 6.34. The van der Waals surface area contributed by atoms with E-state index in [0.29, 0.717) is 13.0 Å². The van der Waals surface area contributed by atoms with Crippen LogP contribution >= 0.6 is 0 Å². The molecular weight excluding hydrogens is 266 g/mol. The number of nitrogens with zero attached hydrogens (tertiary/aromatic N) is 1. The minimum Gasteiger partial charge on any atom is -0.396 e. The highest BCUT2D eigenvalue weighted by atomic mass is 16.3. The number of nitrogens with one attached hydrogen (secondary N) is 2. The summed E-state index contributed by atoms with van der Waals surface area (Å²) in [6.07, 6.45) is 0.657. The Hall–Kier alpha value is -1.75. The molecule has 0 saturated carbocycles. The molecule has 0 saturated heterocycles. The molecule has 0 aromatic heterocycles. The second-order valence-electron chi connectivity index (χ2n) is 6.34. The van der Waals surface area contributed by atoms with Gasteiger partial charge in [0, 0.05) is 38.6 Å². The van der Waals surface area contributed by atoms with Crippen molar-refractivity contribution in [1.82, 2.24) is 5.32 Å². The average Bonchev–Trinajstić information content (AvgIpc) is 2.38. The predicted molar refractivity (Wildman–Crippen MR) is 88.0 cm³/mol. The Morgan fingerprint density at radius 2 is 2.00 bits per heavy atom. The number of amides is 2. The Kier molecular flexibility index (Phi) is 6.03. The summed E-state index contributed by atoms with van der Waals surface area (Å²) >= 11 is 0. The smallest absolute Gasteiger partial charge is 0.319 e. The summed E-state index contributed by atoms with van der Waals surface area (Å²) in [7, 11) is 3.97. The van der Waals surface area contributed by atoms with Crippen LogP contribution in [0.4, 0.5) is 16.2 Å². The van der Waals surface area contributed by atoms with Gasteiger partial charge in [-0.1, -0.05) is 13.8 Å². The lowest BCUT2D eigenvalue weighted by Gasteiger charge is -2.24. The molecule has 0 fully saturated rings. The van der Waals surface area contributed by atoms with Crippen LogP contribution in [-0.4, -0.2) is 38.4 Å². The van der Waals surface area contributed by atoms with E-state index in [4.69, 9.17) is 5.11 Å². The number of rotatable bonds is 6. The van der Waals surface area contributed by atoms with Gasteiger partial charge in [0.25, 0.3) is 0 Å². The molecule has 0 bridgehead atoms. The number of aliphatic hydroxyl groups excluding tert-OH is 1. The molecule has 1 rings (SSSR count). The summed E-state index contributed by atoms with van der Waals surface area (Å²) < 4.78 is 0. The lowest BCUT2D eigenvalue weighted by atomic mass is 9.90. The van der Waals surface area contributed by atoms with Gasteiger partial charge >= 0.3 is 6.03 Å². The monoisotopic (exact) mass is 293 g/mol. The molecule has 0 spiro atoms. The van der Waals surface area contributed by atoms with Crippen LogP contribution in [-0.2, 0) is 0 Å². The third kappa shape index (κ3) is 5.63. The number of aliphatic hydroxyl groups is 1. The number of carbonyl (C=O) groups is 1. The largest absolute Gasteiger partial charge is 0.396 e. The molecule has 1 aromatic rings. The van der Waals surface area contributed by atoms with E-state index in [-0.39, 0.29) is 18.1 Å². The molecule has 0 aliphatic carbocycles.